The highest BCUT2D eigenvalue weighted by Crippen LogP contribution is 2.31. The second kappa shape index (κ2) is 9.31. The van der Waals surface area contributed by atoms with Gasteiger partial charge in [-0.05, 0) is 54.5 Å². The molecule has 0 spiro atoms. The zero-order valence-electron chi connectivity index (χ0n) is 17.4. The summed E-state index contributed by atoms with van der Waals surface area (Å²) < 4.78 is 10.7. The fourth-order valence-electron chi connectivity index (χ4n) is 3.72. The molecule has 0 atom stereocenters. The molecule has 0 unspecified atom stereocenters. The highest BCUT2D eigenvalue weighted by atomic mass is 32.1. The lowest BCUT2D eigenvalue weighted by Crippen LogP contribution is -2.43. The van der Waals surface area contributed by atoms with Gasteiger partial charge in [-0.25, -0.2) is 0 Å². The van der Waals surface area contributed by atoms with E-state index in [1.165, 1.54) is 11.3 Å². The molecular formula is C22H28N2O4S. The first-order chi connectivity index (χ1) is 13.9. The van der Waals surface area contributed by atoms with Crippen molar-refractivity contribution >= 4 is 23.2 Å². The number of carbonyl (C=O) groups is 2. The topological polar surface area (TPSA) is 59.1 Å². The van der Waals surface area contributed by atoms with Crippen LogP contribution in [0.15, 0.2) is 29.6 Å². The van der Waals surface area contributed by atoms with E-state index in [0.29, 0.717) is 44.0 Å². The second-order valence-corrected chi connectivity index (χ2v) is 8.32. The van der Waals surface area contributed by atoms with Crippen LogP contribution >= 0.6 is 11.3 Å². The number of methoxy groups -OCH3 is 2. The van der Waals surface area contributed by atoms with Gasteiger partial charge in [0.15, 0.2) is 11.5 Å². The van der Waals surface area contributed by atoms with Gasteiger partial charge < -0.3 is 19.3 Å². The number of aryl methyl sites for hydroxylation is 1. The molecule has 0 bridgehead atoms. The molecule has 0 saturated carbocycles. The van der Waals surface area contributed by atoms with Gasteiger partial charge in [-0.15, -0.1) is 11.3 Å². The van der Waals surface area contributed by atoms with Crippen LogP contribution in [0.4, 0.5) is 0 Å². The summed E-state index contributed by atoms with van der Waals surface area (Å²) in [5.41, 5.74) is 2.09. The molecule has 2 amide bonds. The quantitative estimate of drug-likeness (QED) is 0.722. The molecule has 6 nitrogen and oxygen atoms in total. The van der Waals surface area contributed by atoms with Gasteiger partial charge in [-0.2, -0.15) is 0 Å². The summed E-state index contributed by atoms with van der Waals surface area (Å²) in [6.07, 6.45) is 1.40. The maximum Gasteiger partial charge on any atom is 0.263 e. The Kier molecular flexibility index (Phi) is 6.79. The predicted octanol–water partition coefficient (Wildman–Crippen LogP) is 3.58. The summed E-state index contributed by atoms with van der Waals surface area (Å²) >= 11 is 1.46. The van der Waals surface area contributed by atoms with Crippen LogP contribution in [0.1, 0.15) is 33.6 Å². The Hall–Kier alpha value is -2.54. The molecule has 1 fully saturated rings. The van der Waals surface area contributed by atoms with Crippen LogP contribution in [0.5, 0.6) is 11.5 Å². The monoisotopic (exact) mass is 416 g/mol. The Balaban J connectivity index is 1.59. The zero-order chi connectivity index (χ0) is 21.0. The van der Waals surface area contributed by atoms with Gasteiger partial charge in [-0.3, -0.25) is 9.59 Å². The van der Waals surface area contributed by atoms with Crippen LogP contribution < -0.4 is 9.47 Å². The number of nitrogens with zero attached hydrogens (tertiary/aromatic N) is 2. The van der Waals surface area contributed by atoms with Gasteiger partial charge in [0.05, 0.1) is 19.1 Å². The van der Waals surface area contributed by atoms with Crippen molar-refractivity contribution in [2.45, 2.75) is 26.3 Å². The Morgan fingerprint density at radius 1 is 1.17 bits per heavy atom. The summed E-state index contributed by atoms with van der Waals surface area (Å²) in [6.45, 7) is 3.76. The van der Waals surface area contributed by atoms with Gasteiger partial charge in [0, 0.05) is 32.6 Å². The number of carbonyl (C=O) groups excluding carboxylic acids is 2. The maximum absolute atomic E-state index is 13.0. The van der Waals surface area contributed by atoms with E-state index in [4.69, 9.17) is 9.47 Å². The predicted molar refractivity (Wildman–Crippen MR) is 114 cm³/mol. The van der Waals surface area contributed by atoms with Crippen LogP contribution in [-0.2, 0) is 11.3 Å². The summed E-state index contributed by atoms with van der Waals surface area (Å²) in [6, 6.07) is 7.60. The lowest BCUT2D eigenvalue weighted by Gasteiger charge is -2.33. The van der Waals surface area contributed by atoms with Gasteiger partial charge in [-0.1, -0.05) is 6.07 Å². The normalized spacial score (nSPS) is 14.6. The molecule has 2 heterocycles. The first kappa shape index (κ1) is 21.2. The van der Waals surface area contributed by atoms with Crippen molar-refractivity contribution in [2.75, 3.05) is 34.4 Å². The van der Waals surface area contributed by atoms with Crippen LogP contribution in [-0.4, -0.2) is 56.0 Å². The number of benzene rings is 1. The highest BCUT2D eigenvalue weighted by molar-refractivity contribution is 7.12. The number of thiophene rings is 1. The Labute approximate surface area is 176 Å². The SMILES string of the molecule is COc1cc(C)c(CN(C)C(=O)C2CCN(C(=O)c3cccs3)CC2)cc1OC. The van der Waals surface area contributed by atoms with E-state index >= 15 is 0 Å². The summed E-state index contributed by atoms with van der Waals surface area (Å²) in [5, 5.41) is 1.91. The molecule has 0 aliphatic carbocycles. The summed E-state index contributed by atoms with van der Waals surface area (Å²) in [5.74, 6) is 1.50. The molecule has 1 aromatic carbocycles. The number of piperidine rings is 1. The van der Waals surface area contributed by atoms with Crippen molar-refractivity contribution in [1.82, 2.24) is 9.80 Å². The van der Waals surface area contributed by atoms with Crippen molar-refractivity contribution < 1.29 is 19.1 Å². The standard InChI is InChI=1S/C22H28N2O4S/c1-15-12-18(27-3)19(28-4)13-17(15)14-23(2)21(25)16-7-9-24(10-8-16)22(26)20-6-5-11-29-20/h5-6,11-13,16H,7-10,14H2,1-4H3. The first-order valence-corrected chi connectivity index (χ1v) is 10.6. The lowest BCUT2D eigenvalue weighted by atomic mass is 9.95. The maximum atomic E-state index is 13.0. The smallest absolute Gasteiger partial charge is 0.263 e. The van der Waals surface area contributed by atoms with E-state index in [0.717, 1.165) is 16.0 Å². The molecule has 0 radical (unpaired) electrons. The van der Waals surface area contributed by atoms with Gasteiger partial charge >= 0.3 is 0 Å². The fraction of sp³-hybridized carbons (Fsp3) is 0.455. The Morgan fingerprint density at radius 3 is 2.41 bits per heavy atom. The molecule has 0 N–H and O–H groups in total. The van der Waals surface area contributed by atoms with E-state index in [9.17, 15) is 9.59 Å². The van der Waals surface area contributed by atoms with E-state index in [-0.39, 0.29) is 17.7 Å². The molecule has 2 aromatic rings. The van der Waals surface area contributed by atoms with E-state index in [1.54, 1.807) is 19.1 Å². The molecule has 156 valence electrons. The summed E-state index contributed by atoms with van der Waals surface area (Å²) in [7, 11) is 5.06. The minimum atomic E-state index is -0.0483. The third-order valence-electron chi connectivity index (χ3n) is 5.49. The highest BCUT2D eigenvalue weighted by Gasteiger charge is 2.30. The third-order valence-corrected chi connectivity index (χ3v) is 6.35. The average molecular weight is 417 g/mol. The Morgan fingerprint density at radius 2 is 1.83 bits per heavy atom. The molecule has 29 heavy (non-hydrogen) atoms. The van der Waals surface area contributed by atoms with Crippen LogP contribution in [0.3, 0.4) is 0 Å². The number of hydrogen-bond donors (Lipinski definition) is 0. The molecule has 1 aliphatic heterocycles. The Bertz CT molecular complexity index is 858. The third kappa shape index (κ3) is 4.72. The number of hydrogen-bond acceptors (Lipinski definition) is 5. The van der Waals surface area contributed by atoms with Gasteiger partial charge in [0.25, 0.3) is 5.91 Å². The van der Waals surface area contributed by atoms with Crippen LogP contribution in [0.2, 0.25) is 0 Å². The summed E-state index contributed by atoms with van der Waals surface area (Å²) in [4.78, 5) is 29.8. The molecule has 3 rings (SSSR count). The van der Waals surface area contributed by atoms with Crippen LogP contribution in [0, 0.1) is 12.8 Å². The van der Waals surface area contributed by atoms with Gasteiger partial charge in [0.1, 0.15) is 0 Å². The molecule has 1 saturated heterocycles. The van der Waals surface area contributed by atoms with Crippen molar-refractivity contribution in [2.24, 2.45) is 5.92 Å². The minimum Gasteiger partial charge on any atom is -0.493 e. The molecular weight excluding hydrogens is 388 g/mol. The minimum absolute atomic E-state index is 0.0483. The van der Waals surface area contributed by atoms with E-state index < -0.39 is 0 Å². The molecule has 7 heteroatoms. The van der Waals surface area contributed by atoms with E-state index in [1.807, 2.05) is 48.5 Å². The van der Waals surface area contributed by atoms with Crippen molar-refractivity contribution in [1.29, 1.82) is 0 Å². The first-order valence-electron chi connectivity index (χ1n) is 9.73. The number of ether oxygens (including phenoxy) is 2. The number of likely N-dealkylation sites (tertiary alicyclic amines) is 1. The second-order valence-electron chi connectivity index (χ2n) is 7.37. The van der Waals surface area contributed by atoms with Crippen molar-refractivity contribution in [3.63, 3.8) is 0 Å². The molecule has 1 aromatic heterocycles. The number of rotatable bonds is 6. The fourth-order valence-corrected chi connectivity index (χ4v) is 4.41. The van der Waals surface area contributed by atoms with E-state index in [2.05, 4.69) is 0 Å². The average Bonchev–Trinajstić information content (AvgIpc) is 3.28. The van der Waals surface area contributed by atoms with Gasteiger partial charge in [0.2, 0.25) is 5.91 Å². The lowest BCUT2D eigenvalue weighted by molar-refractivity contribution is -0.136. The zero-order valence-corrected chi connectivity index (χ0v) is 18.3. The largest absolute Gasteiger partial charge is 0.493 e. The number of amides is 2. The van der Waals surface area contributed by atoms with Crippen LogP contribution in [0.25, 0.3) is 0 Å². The van der Waals surface area contributed by atoms with Crippen molar-refractivity contribution in [3.05, 3.63) is 45.6 Å². The molecule has 1 aliphatic rings. The van der Waals surface area contributed by atoms with Crippen molar-refractivity contribution in [3.8, 4) is 11.5 Å².